The van der Waals surface area contributed by atoms with Gasteiger partial charge in [-0.1, -0.05) is 31.4 Å². The second-order valence-electron chi connectivity index (χ2n) is 5.57. The molecule has 0 radical (unpaired) electrons. The third kappa shape index (κ3) is 5.71. The fraction of sp³-hybridized carbons (Fsp3) is 0.500. The molecule has 0 heterocycles. The Hall–Kier alpha value is -2.11. The summed E-state index contributed by atoms with van der Waals surface area (Å²) in [5, 5.41) is 8.07. The third-order valence-corrected chi connectivity index (χ3v) is 3.75. The Morgan fingerprint density at radius 2 is 1.73 bits per heavy atom. The van der Waals surface area contributed by atoms with Crippen molar-refractivity contribution in [3.8, 4) is 0 Å². The van der Waals surface area contributed by atoms with E-state index in [9.17, 15) is 14.0 Å². The number of nitrogens with one attached hydrogen (secondary N) is 3. The molecule has 0 atom stereocenters. The maximum atomic E-state index is 12.7. The van der Waals surface area contributed by atoms with Gasteiger partial charge in [0.15, 0.2) is 0 Å². The van der Waals surface area contributed by atoms with E-state index in [0.717, 1.165) is 31.2 Å². The van der Waals surface area contributed by atoms with Gasteiger partial charge in [-0.05, 0) is 30.5 Å². The summed E-state index contributed by atoms with van der Waals surface area (Å²) in [7, 11) is 0. The Morgan fingerprint density at radius 3 is 2.41 bits per heavy atom. The molecule has 1 fully saturated rings. The molecule has 0 bridgehead atoms. The average Bonchev–Trinajstić information content (AvgIpc) is 2.53. The summed E-state index contributed by atoms with van der Waals surface area (Å²) >= 11 is 0. The predicted molar refractivity (Wildman–Crippen MR) is 81.7 cm³/mol. The van der Waals surface area contributed by atoms with Crippen LogP contribution in [0.25, 0.3) is 0 Å². The second-order valence-corrected chi connectivity index (χ2v) is 5.57. The smallest absolute Gasteiger partial charge is 0.315 e. The second kappa shape index (κ2) is 8.36. The van der Waals surface area contributed by atoms with Crippen LogP contribution in [0.1, 0.15) is 37.7 Å². The van der Waals surface area contributed by atoms with E-state index in [-0.39, 0.29) is 30.9 Å². The topological polar surface area (TPSA) is 70.2 Å². The minimum absolute atomic E-state index is 0.0360. The van der Waals surface area contributed by atoms with Crippen molar-refractivity contribution in [1.82, 2.24) is 16.0 Å². The van der Waals surface area contributed by atoms with Crippen LogP contribution in [0.3, 0.4) is 0 Å². The highest BCUT2D eigenvalue weighted by molar-refractivity contribution is 5.84. The zero-order chi connectivity index (χ0) is 15.8. The van der Waals surface area contributed by atoms with Crippen molar-refractivity contribution in [3.63, 3.8) is 0 Å². The highest BCUT2D eigenvalue weighted by atomic mass is 19.1. The monoisotopic (exact) mass is 307 g/mol. The van der Waals surface area contributed by atoms with Crippen LogP contribution in [0.4, 0.5) is 9.18 Å². The van der Waals surface area contributed by atoms with Crippen molar-refractivity contribution in [2.45, 2.75) is 44.7 Å². The lowest BCUT2D eigenvalue weighted by molar-refractivity contribution is -0.121. The molecule has 1 aromatic rings. The SMILES string of the molecule is O=C(CNC(=O)NCc1ccc(F)cc1)NC1CCCCC1. The van der Waals surface area contributed by atoms with E-state index in [1.165, 1.54) is 18.6 Å². The summed E-state index contributed by atoms with van der Waals surface area (Å²) in [6.45, 7) is 0.252. The van der Waals surface area contributed by atoms with Gasteiger partial charge in [-0.25, -0.2) is 9.18 Å². The standard InChI is InChI=1S/C16H22FN3O2/c17-13-8-6-12(7-9-13)10-18-16(22)19-11-15(21)20-14-4-2-1-3-5-14/h6-9,14H,1-5,10-11H2,(H,20,21)(H2,18,19,22). The van der Waals surface area contributed by atoms with Gasteiger partial charge in [0.25, 0.3) is 0 Å². The number of amides is 3. The number of benzene rings is 1. The first kappa shape index (κ1) is 16.3. The molecule has 1 saturated carbocycles. The van der Waals surface area contributed by atoms with Gasteiger partial charge in [-0.2, -0.15) is 0 Å². The van der Waals surface area contributed by atoms with Gasteiger partial charge in [0.05, 0.1) is 6.54 Å². The van der Waals surface area contributed by atoms with Crippen LogP contribution in [-0.4, -0.2) is 24.5 Å². The van der Waals surface area contributed by atoms with E-state index in [4.69, 9.17) is 0 Å². The van der Waals surface area contributed by atoms with Crippen LogP contribution in [0.15, 0.2) is 24.3 Å². The van der Waals surface area contributed by atoms with E-state index in [0.29, 0.717) is 0 Å². The Labute approximate surface area is 129 Å². The zero-order valence-corrected chi connectivity index (χ0v) is 12.5. The summed E-state index contributed by atoms with van der Waals surface area (Å²) < 4.78 is 12.7. The summed E-state index contributed by atoms with van der Waals surface area (Å²) in [5.41, 5.74) is 0.795. The van der Waals surface area contributed by atoms with E-state index >= 15 is 0 Å². The largest absolute Gasteiger partial charge is 0.352 e. The fourth-order valence-electron chi connectivity index (χ4n) is 2.53. The maximum absolute atomic E-state index is 12.7. The van der Waals surface area contributed by atoms with Crippen molar-refractivity contribution in [2.75, 3.05) is 6.54 Å². The van der Waals surface area contributed by atoms with Crippen molar-refractivity contribution >= 4 is 11.9 Å². The molecule has 3 N–H and O–H groups in total. The van der Waals surface area contributed by atoms with Gasteiger partial charge in [0.1, 0.15) is 5.82 Å². The molecule has 1 aliphatic carbocycles. The number of urea groups is 1. The molecule has 0 unspecified atom stereocenters. The van der Waals surface area contributed by atoms with Gasteiger partial charge >= 0.3 is 6.03 Å². The minimum Gasteiger partial charge on any atom is -0.352 e. The molecule has 120 valence electrons. The summed E-state index contributed by atoms with van der Waals surface area (Å²) in [6, 6.07) is 5.71. The molecule has 0 aromatic heterocycles. The Balaban J connectivity index is 1.62. The molecule has 2 rings (SSSR count). The van der Waals surface area contributed by atoms with E-state index < -0.39 is 6.03 Å². The molecule has 22 heavy (non-hydrogen) atoms. The van der Waals surface area contributed by atoms with Crippen LogP contribution >= 0.6 is 0 Å². The van der Waals surface area contributed by atoms with E-state index in [1.54, 1.807) is 12.1 Å². The van der Waals surface area contributed by atoms with Crippen LogP contribution in [0, 0.1) is 5.82 Å². The van der Waals surface area contributed by atoms with Crippen LogP contribution in [0.2, 0.25) is 0 Å². The predicted octanol–water partition coefficient (Wildman–Crippen LogP) is 2.07. The molecular formula is C16H22FN3O2. The van der Waals surface area contributed by atoms with Crippen molar-refractivity contribution < 1.29 is 14.0 Å². The lowest BCUT2D eigenvalue weighted by atomic mass is 9.95. The third-order valence-electron chi connectivity index (χ3n) is 3.75. The molecule has 0 aliphatic heterocycles. The Bertz CT molecular complexity index is 499. The number of halogens is 1. The first-order valence-corrected chi connectivity index (χ1v) is 7.69. The number of rotatable bonds is 5. The van der Waals surface area contributed by atoms with Gasteiger partial charge in [0, 0.05) is 12.6 Å². The first-order chi connectivity index (χ1) is 10.6. The molecule has 6 heteroatoms. The maximum Gasteiger partial charge on any atom is 0.315 e. The van der Waals surface area contributed by atoms with Crippen molar-refractivity contribution in [3.05, 3.63) is 35.6 Å². The van der Waals surface area contributed by atoms with Gasteiger partial charge in [-0.3, -0.25) is 4.79 Å². The van der Waals surface area contributed by atoms with E-state index in [1.807, 2.05) is 0 Å². The molecular weight excluding hydrogens is 285 g/mol. The highest BCUT2D eigenvalue weighted by Crippen LogP contribution is 2.17. The highest BCUT2D eigenvalue weighted by Gasteiger charge is 2.15. The lowest BCUT2D eigenvalue weighted by Gasteiger charge is -2.22. The van der Waals surface area contributed by atoms with Gasteiger partial charge < -0.3 is 16.0 Å². The Morgan fingerprint density at radius 1 is 1.05 bits per heavy atom. The zero-order valence-electron chi connectivity index (χ0n) is 12.5. The Kier molecular flexibility index (Phi) is 6.18. The molecule has 0 spiro atoms. The van der Waals surface area contributed by atoms with Crippen molar-refractivity contribution in [1.29, 1.82) is 0 Å². The summed E-state index contributed by atoms with van der Waals surface area (Å²) in [5.74, 6) is -0.476. The number of carbonyl (C=O) groups is 2. The molecule has 3 amide bonds. The normalized spacial score (nSPS) is 15.1. The summed E-state index contributed by atoms with van der Waals surface area (Å²) in [4.78, 5) is 23.3. The average molecular weight is 307 g/mol. The number of carbonyl (C=O) groups excluding carboxylic acids is 2. The quantitative estimate of drug-likeness (QED) is 0.779. The summed E-state index contributed by atoms with van der Waals surface area (Å²) in [6.07, 6.45) is 5.56. The molecule has 1 aliphatic rings. The number of hydrogen-bond donors (Lipinski definition) is 3. The first-order valence-electron chi connectivity index (χ1n) is 7.69. The van der Waals surface area contributed by atoms with Crippen LogP contribution in [0.5, 0.6) is 0 Å². The van der Waals surface area contributed by atoms with Crippen LogP contribution in [-0.2, 0) is 11.3 Å². The fourth-order valence-corrected chi connectivity index (χ4v) is 2.53. The van der Waals surface area contributed by atoms with Crippen LogP contribution < -0.4 is 16.0 Å². The van der Waals surface area contributed by atoms with Crippen molar-refractivity contribution in [2.24, 2.45) is 0 Å². The molecule has 1 aromatic carbocycles. The molecule has 5 nitrogen and oxygen atoms in total. The molecule has 0 saturated heterocycles. The van der Waals surface area contributed by atoms with Gasteiger partial charge in [0.2, 0.25) is 5.91 Å². The minimum atomic E-state index is -0.414. The lowest BCUT2D eigenvalue weighted by Crippen LogP contribution is -2.45. The van der Waals surface area contributed by atoms with Gasteiger partial charge in [-0.15, -0.1) is 0 Å². The number of hydrogen-bond acceptors (Lipinski definition) is 2. The van der Waals surface area contributed by atoms with E-state index in [2.05, 4.69) is 16.0 Å².